The van der Waals surface area contributed by atoms with E-state index in [2.05, 4.69) is 34.6 Å². The molecule has 0 saturated carbocycles. The summed E-state index contributed by atoms with van der Waals surface area (Å²) in [4.78, 5) is 73.1. The molecule has 0 aliphatic carbocycles. The summed E-state index contributed by atoms with van der Waals surface area (Å²) < 4.78 is 68.8. The number of phosphoric ester groups is 2. The fourth-order valence-corrected chi connectivity index (χ4v) is 14.7. The molecule has 0 bridgehead atoms. The van der Waals surface area contributed by atoms with Crippen LogP contribution in [0.5, 0.6) is 0 Å². The van der Waals surface area contributed by atoms with Gasteiger partial charge in [0, 0.05) is 25.7 Å². The van der Waals surface area contributed by atoms with E-state index >= 15 is 0 Å². The lowest BCUT2D eigenvalue weighted by molar-refractivity contribution is -0.161. The van der Waals surface area contributed by atoms with Crippen molar-refractivity contribution in [3.63, 3.8) is 0 Å². The Bertz CT molecular complexity index is 1960. The summed E-state index contributed by atoms with van der Waals surface area (Å²) in [7, 11) is -9.92. The molecule has 3 N–H and O–H groups in total. The van der Waals surface area contributed by atoms with Crippen LogP contribution >= 0.6 is 15.6 Å². The van der Waals surface area contributed by atoms with Crippen LogP contribution in [0, 0.1) is 5.92 Å². The lowest BCUT2D eigenvalue weighted by Gasteiger charge is -2.21. The van der Waals surface area contributed by atoms with Gasteiger partial charge in [-0.25, -0.2) is 9.13 Å². The Morgan fingerprint density at radius 3 is 0.660 bits per heavy atom. The minimum Gasteiger partial charge on any atom is -0.462 e. The first-order valence-corrected chi connectivity index (χ1v) is 46.6. The molecule has 0 heterocycles. The summed E-state index contributed by atoms with van der Waals surface area (Å²) in [5, 5.41) is 10.7. The minimum absolute atomic E-state index is 0.108. The van der Waals surface area contributed by atoms with Gasteiger partial charge in [0.25, 0.3) is 0 Å². The lowest BCUT2D eigenvalue weighted by Crippen LogP contribution is -2.30. The molecule has 0 aliphatic heterocycles. The molecule has 0 aromatic rings. The third-order valence-electron chi connectivity index (χ3n) is 19.8. The van der Waals surface area contributed by atoms with Gasteiger partial charge < -0.3 is 33.8 Å². The Balaban J connectivity index is 5.21. The average molecular weight is 1510 g/mol. The van der Waals surface area contributed by atoms with Gasteiger partial charge in [0.05, 0.1) is 26.4 Å². The van der Waals surface area contributed by atoms with Crippen molar-refractivity contribution in [1.29, 1.82) is 0 Å². The highest BCUT2D eigenvalue weighted by atomic mass is 31.2. The summed E-state index contributed by atoms with van der Waals surface area (Å²) in [6, 6.07) is 0. The number of aliphatic hydroxyl groups excluding tert-OH is 1. The number of aliphatic hydroxyl groups is 1. The van der Waals surface area contributed by atoms with E-state index in [-0.39, 0.29) is 25.7 Å². The Kier molecular flexibility index (Phi) is 75.4. The number of esters is 4. The molecule has 0 aliphatic rings. The van der Waals surface area contributed by atoms with Crippen LogP contribution in [0.15, 0.2) is 0 Å². The molecule has 2 unspecified atom stereocenters. The van der Waals surface area contributed by atoms with Crippen molar-refractivity contribution in [2.45, 2.75) is 470 Å². The van der Waals surface area contributed by atoms with Crippen LogP contribution < -0.4 is 0 Å². The zero-order chi connectivity index (χ0) is 75.5. The average Bonchev–Trinajstić information content (AvgIpc) is 0.927. The predicted octanol–water partition coefficient (Wildman–Crippen LogP) is 25.6. The van der Waals surface area contributed by atoms with Gasteiger partial charge in [0.15, 0.2) is 12.2 Å². The Morgan fingerprint density at radius 1 is 0.262 bits per heavy atom. The molecule has 0 fully saturated rings. The SMILES string of the molecule is CCCCCCCCCCCCCCCCCCCCCCCC(=O)O[C@H](COC(=O)CCCCCCCCCCCCCCCCCCC)COP(=O)(O)OC[C@@H](O)COP(=O)(O)OC[C@@H](COC(=O)CCCCCCCCC(C)C)OC(=O)CCCCCCCCCCCCCCCCCC. The van der Waals surface area contributed by atoms with Gasteiger partial charge in [0.2, 0.25) is 0 Å². The van der Waals surface area contributed by atoms with Crippen LogP contribution in [0.4, 0.5) is 0 Å². The molecule has 0 aromatic heterocycles. The van der Waals surface area contributed by atoms with Gasteiger partial charge in [0.1, 0.15) is 19.3 Å². The lowest BCUT2D eigenvalue weighted by atomic mass is 10.0. The summed E-state index contributed by atoms with van der Waals surface area (Å²) in [6.45, 7) is 7.27. The van der Waals surface area contributed by atoms with Gasteiger partial charge in [-0.3, -0.25) is 37.3 Å². The van der Waals surface area contributed by atoms with E-state index in [0.717, 1.165) is 96.3 Å². The van der Waals surface area contributed by atoms with E-state index in [1.54, 1.807) is 0 Å². The fraction of sp³-hybridized carbons (Fsp3) is 0.952. The van der Waals surface area contributed by atoms with E-state index in [9.17, 15) is 43.2 Å². The largest absolute Gasteiger partial charge is 0.472 e. The second-order valence-electron chi connectivity index (χ2n) is 30.7. The third kappa shape index (κ3) is 78.0. The second-order valence-corrected chi connectivity index (χ2v) is 33.6. The molecule has 0 amide bonds. The third-order valence-corrected chi connectivity index (χ3v) is 21.7. The van der Waals surface area contributed by atoms with Crippen LogP contribution in [-0.4, -0.2) is 96.7 Å². The maximum absolute atomic E-state index is 13.1. The van der Waals surface area contributed by atoms with Crippen molar-refractivity contribution in [3.8, 4) is 0 Å². The van der Waals surface area contributed by atoms with Crippen molar-refractivity contribution in [2.75, 3.05) is 39.6 Å². The highest BCUT2D eigenvalue weighted by molar-refractivity contribution is 7.47. The summed E-state index contributed by atoms with van der Waals surface area (Å²) in [5.74, 6) is -1.43. The van der Waals surface area contributed by atoms with Crippen molar-refractivity contribution >= 4 is 39.5 Å². The fourth-order valence-electron chi connectivity index (χ4n) is 13.1. The number of unbranched alkanes of at least 4 members (excludes halogenated alkanes) is 56. The first-order valence-electron chi connectivity index (χ1n) is 43.6. The summed E-state index contributed by atoms with van der Waals surface area (Å²) in [6.07, 6.45) is 69.7. The van der Waals surface area contributed by atoms with E-state index in [4.69, 9.17) is 37.0 Å². The van der Waals surface area contributed by atoms with E-state index in [1.165, 1.54) is 270 Å². The van der Waals surface area contributed by atoms with Crippen molar-refractivity contribution < 1.29 is 80.2 Å². The molecule has 612 valence electrons. The maximum atomic E-state index is 13.1. The Labute approximate surface area is 632 Å². The van der Waals surface area contributed by atoms with Crippen LogP contribution in [0.3, 0.4) is 0 Å². The molecule has 0 saturated heterocycles. The van der Waals surface area contributed by atoms with Gasteiger partial charge in [-0.05, 0) is 31.6 Å². The summed E-state index contributed by atoms with van der Waals surface area (Å²) >= 11 is 0. The normalized spacial score (nSPS) is 13.8. The number of rotatable bonds is 84. The van der Waals surface area contributed by atoms with Gasteiger partial charge in [-0.1, -0.05) is 401 Å². The monoisotopic (exact) mass is 1510 g/mol. The van der Waals surface area contributed by atoms with Gasteiger partial charge >= 0.3 is 39.5 Å². The number of carbonyl (C=O) groups excluding carboxylic acids is 4. The van der Waals surface area contributed by atoms with Crippen molar-refractivity contribution in [1.82, 2.24) is 0 Å². The highest BCUT2D eigenvalue weighted by Gasteiger charge is 2.30. The number of ether oxygens (including phenoxy) is 4. The Morgan fingerprint density at radius 2 is 0.447 bits per heavy atom. The van der Waals surface area contributed by atoms with E-state index in [0.29, 0.717) is 31.6 Å². The topological polar surface area (TPSA) is 237 Å². The van der Waals surface area contributed by atoms with Crippen LogP contribution in [0.1, 0.15) is 452 Å². The zero-order valence-corrected chi connectivity index (χ0v) is 69.3. The van der Waals surface area contributed by atoms with Crippen LogP contribution in [0.25, 0.3) is 0 Å². The van der Waals surface area contributed by atoms with Crippen LogP contribution in [0.2, 0.25) is 0 Å². The maximum Gasteiger partial charge on any atom is 0.472 e. The highest BCUT2D eigenvalue weighted by Crippen LogP contribution is 2.45. The molecule has 5 atom stereocenters. The first kappa shape index (κ1) is 101. The van der Waals surface area contributed by atoms with Gasteiger partial charge in [-0.2, -0.15) is 0 Å². The van der Waals surface area contributed by atoms with Crippen molar-refractivity contribution in [3.05, 3.63) is 0 Å². The number of phosphoric acid groups is 2. The van der Waals surface area contributed by atoms with Crippen molar-refractivity contribution in [2.24, 2.45) is 5.92 Å². The molecule has 0 aromatic carbocycles. The predicted molar refractivity (Wildman–Crippen MR) is 423 cm³/mol. The zero-order valence-electron chi connectivity index (χ0n) is 67.5. The molecule has 17 nitrogen and oxygen atoms in total. The molecular formula is C84H164O17P2. The Hall–Kier alpha value is -1.94. The molecule has 103 heavy (non-hydrogen) atoms. The molecule has 19 heteroatoms. The minimum atomic E-state index is -4.96. The second kappa shape index (κ2) is 76.8. The molecule has 0 spiro atoms. The number of carbonyl (C=O) groups is 4. The quantitative estimate of drug-likeness (QED) is 0.0222. The van der Waals surface area contributed by atoms with Gasteiger partial charge in [-0.15, -0.1) is 0 Å². The molecule has 0 rings (SSSR count). The summed E-state index contributed by atoms with van der Waals surface area (Å²) in [5.41, 5.74) is 0. The van der Waals surface area contributed by atoms with E-state index in [1.807, 2.05) is 0 Å². The number of hydrogen-bond acceptors (Lipinski definition) is 15. The molecule has 0 radical (unpaired) electrons. The van der Waals surface area contributed by atoms with Crippen LogP contribution in [-0.2, 0) is 65.4 Å². The smallest absolute Gasteiger partial charge is 0.462 e. The number of hydrogen-bond donors (Lipinski definition) is 3. The standard InChI is InChI=1S/C84H164O17P2/c1-6-9-12-15-18-21-24-27-30-33-34-35-36-38-41-44-47-50-53-60-65-69-83(88)100-79(73-94-81(86)67-62-57-51-48-45-42-40-37-31-28-25-22-19-16-13-10-7-2)75-98-102(90,91)96-71-78(85)72-97-103(92,93)99-76-80(74-95-82(87)68-63-58-55-54-56-61-66-77(4)5)101-84(89)70-64-59-52-49-46-43-39-32-29-26-23-20-17-14-11-8-3/h77-80,85H,6-76H2,1-5H3,(H,90,91)(H,92,93)/t78-,79-,80-/m1/s1. The first-order chi connectivity index (χ1) is 50.0. The molecular weight excluding hydrogens is 1340 g/mol. The van der Waals surface area contributed by atoms with E-state index < -0.39 is 97.5 Å².